The highest BCUT2D eigenvalue weighted by Crippen LogP contribution is 2.40. The van der Waals surface area contributed by atoms with Gasteiger partial charge < -0.3 is 27.1 Å². The molecule has 3 heterocycles. The molecule has 0 spiro atoms. The number of rotatable bonds is 5. The van der Waals surface area contributed by atoms with Crippen LogP contribution in [-0.2, 0) is 0 Å². The summed E-state index contributed by atoms with van der Waals surface area (Å²) in [4.78, 5) is 0. The number of hydrogen-bond acceptors (Lipinski definition) is 2. The molecule has 0 fully saturated rings. The maximum Gasteiger partial charge on any atom is 0.737 e. The van der Waals surface area contributed by atoms with Crippen molar-refractivity contribution >= 4 is 18.8 Å². The summed E-state index contributed by atoms with van der Waals surface area (Å²) < 4.78 is 42.9. The summed E-state index contributed by atoms with van der Waals surface area (Å²) in [6.07, 6.45) is 16.6. The van der Waals surface area contributed by atoms with E-state index < -0.39 is 6.97 Å². The largest absolute Gasteiger partial charge is 0.737 e. The van der Waals surface area contributed by atoms with E-state index in [4.69, 9.17) is 22.3 Å². The fourth-order valence-corrected chi connectivity index (χ4v) is 3.45. The Labute approximate surface area is 161 Å². The smallest absolute Gasteiger partial charge is 0.477 e. The van der Waals surface area contributed by atoms with Gasteiger partial charge in [0.2, 0.25) is 0 Å². The first-order valence-corrected chi connectivity index (χ1v) is 8.59. The normalized spacial score (nSPS) is 15.9. The van der Waals surface area contributed by atoms with Crippen molar-refractivity contribution in [2.24, 2.45) is 0 Å². The zero-order chi connectivity index (χ0) is 19.7. The second-order valence-electron chi connectivity index (χ2n) is 6.21. The standard InChI is InChI=1S/C21H15BF2N2O2/c1-3-13-27-19-10-9-16(15-20(19)28-14-4-2)21-17-7-5-11-25(17)22(23,24)26-12-6-8-18(21)26/h1-2,5-12,15H,13-14H2. The van der Waals surface area contributed by atoms with Crippen LogP contribution in [0.4, 0.5) is 8.63 Å². The van der Waals surface area contributed by atoms with Crippen molar-refractivity contribution in [2.45, 2.75) is 0 Å². The molecule has 28 heavy (non-hydrogen) atoms. The van der Waals surface area contributed by atoms with Crippen LogP contribution in [0.25, 0.3) is 5.57 Å². The van der Waals surface area contributed by atoms with Gasteiger partial charge >= 0.3 is 6.97 Å². The van der Waals surface area contributed by atoms with Gasteiger partial charge in [-0.05, 0) is 36.0 Å². The Morgan fingerprint density at radius 3 is 2.57 bits per heavy atom. The SMILES string of the molecule is C#CCOc1ccc(C2=C3C=CC=[N+]3[B-](F)(F)n3cccc32)cc1OCC#C. The molecule has 0 bridgehead atoms. The molecule has 0 unspecified atom stereocenters. The van der Waals surface area contributed by atoms with E-state index in [1.54, 1.807) is 42.5 Å². The van der Waals surface area contributed by atoms with Crippen LogP contribution in [0, 0.1) is 24.7 Å². The Bertz CT molecular complexity index is 1130. The minimum Gasteiger partial charge on any atom is -0.477 e. The predicted molar refractivity (Wildman–Crippen MR) is 104 cm³/mol. The van der Waals surface area contributed by atoms with Crippen molar-refractivity contribution in [3.8, 4) is 36.2 Å². The van der Waals surface area contributed by atoms with E-state index in [1.807, 2.05) is 0 Å². The van der Waals surface area contributed by atoms with Crippen molar-refractivity contribution < 1.29 is 22.6 Å². The average molecular weight is 376 g/mol. The van der Waals surface area contributed by atoms with Gasteiger partial charge in [0.25, 0.3) is 0 Å². The summed E-state index contributed by atoms with van der Waals surface area (Å²) >= 11 is 0. The lowest BCUT2D eigenvalue weighted by Gasteiger charge is -2.31. The molecule has 2 aromatic rings. The van der Waals surface area contributed by atoms with Crippen LogP contribution in [0.2, 0.25) is 0 Å². The van der Waals surface area contributed by atoms with Gasteiger partial charge in [-0.2, -0.15) is 0 Å². The molecule has 1 aromatic carbocycles. The van der Waals surface area contributed by atoms with Gasteiger partial charge in [0.05, 0.1) is 5.57 Å². The summed E-state index contributed by atoms with van der Waals surface area (Å²) in [6.45, 7) is -3.83. The Kier molecular flexibility index (Phi) is 4.29. The van der Waals surface area contributed by atoms with Crippen LogP contribution < -0.4 is 9.47 Å². The molecule has 0 atom stereocenters. The summed E-state index contributed by atoms with van der Waals surface area (Å²) in [5.74, 6) is 5.64. The maximum atomic E-state index is 14.9. The minimum absolute atomic E-state index is 0.0408. The van der Waals surface area contributed by atoms with E-state index >= 15 is 0 Å². The fraction of sp³-hybridized carbons (Fsp3) is 0.0952. The number of ether oxygens (including phenoxy) is 2. The van der Waals surface area contributed by atoms with E-state index in [0.717, 1.165) is 8.96 Å². The minimum atomic E-state index is -3.94. The highest BCUT2D eigenvalue weighted by atomic mass is 19.2. The molecule has 1 aromatic heterocycles. The van der Waals surface area contributed by atoms with Gasteiger partial charge in [-0.25, -0.2) is 0 Å². The van der Waals surface area contributed by atoms with Crippen LogP contribution in [0.5, 0.6) is 11.5 Å². The summed E-state index contributed by atoms with van der Waals surface area (Å²) in [7, 11) is 0. The first-order chi connectivity index (χ1) is 13.6. The van der Waals surface area contributed by atoms with Crippen LogP contribution >= 0.6 is 0 Å². The molecule has 2 aliphatic heterocycles. The molecule has 0 amide bonds. The number of aromatic nitrogens is 1. The second kappa shape index (κ2) is 6.79. The van der Waals surface area contributed by atoms with Gasteiger partial charge in [-0.1, -0.05) is 17.9 Å². The Morgan fingerprint density at radius 2 is 1.82 bits per heavy atom. The van der Waals surface area contributed by atoms with Gasteiger partial charge in [0.1, 0.15) is 19.4 Å². The van der Waals surface area contributed by atoms with Crippen molar-refractivity contribution in [3.63, 3.8) is 0 Å². The van der Waals surface area contributed by atoms with E-state index in [9.17, 15) is 8.63 Å². The molecular weight excluding hydrogens is 361 g/mol. The molecule has 7 heteroatoms. The first-order valence-electron chi connectivity index (χ1n) is 8.59. The molecule has 0 saturated heterocycles. The highest BCUT2D eigenvalue weighted by Gasteiger charge is 2.51. The average Bonchev–Trinajstić information content (AvgIpc) is 3.36. The Balaban J connectivity index is 1.87. The molecule has 4 nitrogen and oxygen atoms in total. The third kappa shape index (κ3) is 2.69. The zero-order valence-electron chi connectivity index (χ0n) is 14.8. The number of allylic oxidation sites excluding steroid dienone is 2. The molecular formula is C21H15BF2N2O2. The van der Waals surface area contributed by atoms with E-state index in [0.29, 0.717) is 34.0 Å². The van der Waals surface area contributed by atoms with Crippen molar-refractivity contribution in [1.82, 2.24) is 4.48 Å². The van der Waals surface area contributed by atoms with Crippen LogP contribution in [-0.4, -0.2) is 35.4 Å². The van der Waals surface area contributed by atoms with Crippen LogP contribution in [0.15, 0.2) is 54.4 Å². The lowest BCUT2D eigenvalue weighted by Crippen LogP contribution is -2.49. The van der Waals surface area contributed by atoms with Crippen LogP contribution in [0.3, 0.4) is 0 Å². The molecule has 0 aliphatic carbocycles. The molecule has 0 N–H and O–H groups in total. The number of fused-ring (bicyclic) bond motifs is 2. The number of halogens is 2. The van der Waals surface area contributed by atoms with Crippen molar-refractivity contribution in [3.05, 3.63) is 65.6 Å². The maximum absolute atomic E-state index is 14.9. The van der Waals surface area contributed by atoms with E-state index in [2.05, 4.69) is 11.8 Å². The van der Waals surface area contributed by atoms with Crippen molar-refractivity contribution in [2.75, 3.05) is 13.2 Å². The number of hydrogen-bond donors (Lipinski definition) is 0. The monoisotopic (exact) mass is 376 g/mol. The van der Waals surface area contributed by atoms with Crippen molar-refractivity contribution in [1.29, 1.82) is 0 Å². The third-order valence-electron chi connectivity index (χ3n) is 4.59. The van der Waals surface area contributed by atoms with Gasteiger partial charge in [-0.3, -0.25) is 0 Å². The first kappa shape index (κ1) is 17.7. The summed E-state index contributed by atoms with van der Waals surface area (Å²) in [5.41, 5.74) is 2.22. The topological polar surface area (TPSA) is 26.4 Å². The number of benzene rings is 1. The summed E-state index contributed by atoms with van der Waals surface area (Å²) in [5, 5.41) is 0. The van der Waals surface area contributed by atoms with E-state index in [1.165, 1.54) is 12.4 Å². The molecule has 2 aliphatic rings. The van der Waals surface area contributed by atoms with Gasteiger partial charge in [0.15, 0.2) is 17.2 Å². The van der Waals surface area contributed by atoms with Crippen LogP contribution in [0.1, 0.15) is 11.3 Å². The lowest BCUT2D eigenvalue weighted by atomic mass is 9.86. The zero-order valence-corrected chi connectivity index (χ0v) is 14.8. The molecule has 0 saturated carbocycles. The molecule has 0 radical (unpaired) electrons. The molecule has 138 valence electrons. The lowest BCUT2D eigenvalue weighted by molar-refractivity contribution is -0.356. The third-order valence-corrected chi connectivity index (χ3v) is 4.59. The Morgan fingerprint density at radius 1 is 1.07 bits per heavy atom. The van der Waals surface area contributed by atoms with Gasteiger partial charge in [-0.15, -0.1) is 12.8 Å². The number of nitrogens with zero attached hydrogens (tertiary/aromatic N) is 2. The second-order valence-corrected chi connectivity index (χ2v) is 6.21. The fourth-order valence-electron chi connectivity index (χ4n) is 3.45. The predicted octanol–water partition coefficient (Wildman–Crippen LogP) is 3.16. The molecule has 4 rings (SSSR count). The Hall–Kier alpha value is -3.71. The summed E-state index contributed by atoms with van der Waals surface area (Å²) in [6, 6.07) is 8.49. The quantitative estimate of drug-likeness (QED) is 0.592. The van der Waals surface area contributed by atoms with E-state index in [-0.39, 0.29) is 13.2 Å². The number of terminal acetylenes is 2. The highest BCUT2D eigenvalue weighted by molar-refractivity contribution is 6.57. The van der Waals surface area contributed by atoms with Gasteiger partial charge in [0, 0.05) is 17.8 Å².